The molecule has 0 spiro atoms. The molecule has 1 fully saturated rings. The number of allylic oxidation sites excluding steroid dienone is 2. The first-order valence-corrected chi connectivity index (χ1v) is 15.1. The zero-order chi connectivity index (χ0) is 28.4. The second-order valence-corrected chi connectivity index (χ2v) is 13.4. The third-order valence-corrected chi connectivity index (χ3v) is 9.64. The van der Waals surface area contributed by atoms with Crippen molar-refractivity contribution >= 4 is 29.5 Å². The van der Waals surface area contributed by atoms with Crippen molar-refractivity contribution in [3.63, 3.8) is 0 Å². The molecule has 210 valence electrons. The molecule has 0 bridgehead atoms. The van der Waals surface area contributed by atoms with Crippen molar-refractivity contribution in [2.24, 2.45) is 11.3 Å². The molecule has 8 heteroatoms. The summed E-state index contributed by atoms with van der Waals surface area (Å²) in [6.45, 7) is 10.5. The molecule has 2 aliphatic heterocycles. The van der Waals surface area contributed by atoms with Crippen molar-refractivity contribution in [3.05, 3.63) is 51.5 Å². The van der Waals surface area contributed by atoms with Crippen LogP contribution in [0.3, 0.4) is 0 Å². The monoisotopic (exact) mass is 552 g/mol. The van der Waals surface area contributed by atoms with Gasteiger partial charge < -0.3 is 14.4 Å². The molecule has 0 saturated heterocycles. The molecule has 7 nitrogen and oxygen atoms in total. The quantitative estimate of drug-likeness (QED) is 0.445. The van der Waals surface area contributed by atoms with Crippen LogP contribution in [0.2, 0.25) is 0 Å². The number of ketones is 1. The van der Waals surface area contributed by atoms with Crippen LogP contribution >= 0.6 is 11.9 Å². The van der Waals surface area contributed by atoms with E-state index < -0.39 is 11.5 Å². The van der Waals surface area contributed by atoms with Crippen LogP contribution in [0.5, 0.6) is 5.75 Å². The number of rotatable bonds is 6. The zero-order valence-corrected chi connectivity index (χ0v) is 25.1. The molecule has 2 atom stereocenters. The van der Waals surface area contributed by atoms with Crippen molar-refractivity contribution in [1.29, 1.82) is 0 Å². The molecule has 0 unspecified atom stereocenters. The SMILES string of the molecule is COc1ccc(C2CC2)c(C(=O)NSC)c1[C@H]1C2=C(CC(C)(C)CC2=O)OC2=C1C(=O)N(C)[C@@](C)(C(C)C)C2. The highest BCUT2D eigenvalue weighted by Crippen LogP contribution is 2.56. The van der Waals surface area contributed by atoms with Crippen molar-refractivity contribution < 1.29 is 23.9 Å². The average Bonchev–Trinajstić information content (AvgIpc) is 3.70. The Morgan fingerprint density at radius 1 is 1.10 bits per heavy atom. The van der Waals surface area contributed by atoms with Gasteiger partial charge in [-0.15, -0.1) is 0 Å². The Bertz CT molecular complexity index is 1320. The standard InChI is InChI=1S/C31H40N2O5S/c1-16(2)31(5)15-22-26(29(36)33(31)6)27(24-19(34)13-30(3,4)14-21(24)38-22)25-20(37-7)12-11-18(17-9-10-17)23(25)28(35)32-39-8/h11-12,16-17,27H,9-10,13-15H2,1-8H3,(H,32,35)/t27-,31-/m1/s1. The van der Waals surface area contributed by atoms with Gasteiger partial charge in [-0.05, 0) is 48.6 Å². The summed E-state index contributed by atoms with van der Waals surface area (Å²) in [6, 6.07) is 3.86. The van der Waals surface area contributed by atoms with E-state index in [1.165, 1.54) is 11.9 Å². The first kappa shape index (κ1) is 27.8. The van der Waals surface area contributed by atoms with Gasteiger partial charge in [0.2, 0.25) is 0 Å². The number of nitrogens with one attached hydrogen (secondary N) is 1. The van der Waals surface area contributed by atoms with Crippen LogP contribution in [-0.4, -0.2) is 48.4 Å². The number of ether oxygens (including phenoxy) is 2. The number of carbonyl (C=O) groups is 3. The lowest BCUT2D eigenvalue weighted by Gasteiger charge is -2.50. The number of benzene rings is 1. The molecule has 1 aromatic carbocycles. The number of amides is 2. The van der Waals surface area contributed by atoms with Gasteiger partial charge in [0, 0.05) is 49.2 Å². The van der Waals surface area contributed by atoms with Crippen LogP contribution in [0.15, 0.2) is 34.8 Å². The zero-order valence-electron chi connectivity index (χ0n) is 24.3. The summed E-state index contributed by atoms with van der Waals surface area (Å²) < 4.78 is 15.4. The smallest absolute Gasteiger partial charge is 0.261 e. The van der Waals surface area contributed by atoms with Crippen LogP contribution < -0.4 is 9.46 Å². The highest BCUT2D eigenvalue weighted by molar-refractivity contribution is 7.97. The second kappa shape index (κ2) is 9.72. The van der Waals surface area contributed by atoms with Crippen LogP contribution in [0.1, 0.15) is 100 Å². The summed E-state index contributed by atoms with van der Waals surface area (Å²) in [5.74, 6) is 1.000. The summed E-state index contributed by atoms with van der Waals surface area (Å²) in [4.78, 5) is 43.8. The number of carbonyl (C=O) groups excluding carboxylic acids is 3. The van der Waals surface area contributed by atoms with E-state index in [1.807, 2.05) is 25.4 Å². The minimum absolute atomic E-state index is 0.0412. The first-order chi connectivity index (χ1) is 18.3. The second-order valence-electron chi connectivity index (χ2n) is 12.8. The molecular weight excluding hydrogens is 512 g/mol. The molecule has 0 aromatic heterocycles. The molecular formula is C31H40N2O5S. The predicted molar refractivity (Wildman–Crippen MR) is 152 cm³/mol. The lowest BCUT2D eigenvalue weighted by atomic mass is 9.66. The Hall–Kier alpha value is -2.74. The lowest BCUT2D eigenvalue weighted by molar-refractivity contribution is -0.135. The Labute approximate surface area is 235 Å². The molecule has 0 radical (unpaired) electrons. The molecule has 2 heterocycles. The molecule has 1 N–H and O–H groups in total. The maximum Gasteiger partial charge on any atom is 0.261 e. The fourth-order valence-corrected chi connectivity index (χ4v) is 6.81. The Morgan fingerprint density at radius 2 is 1.77 bits per heavy atom. The van der Waals surface area contributed by atoms with Crippen molar-refractivity contribution in [3.8, 4) is 5.75 Å². The maximum absolute atomic E-state index is 14.3. The maximum atomic E-state index is 14.3. The van der Waals surface area contributed by atoms with Crippen LogP contribution in [-0.2, 0) is 14.3 Å². The number of likely N-dealkylation sites (N-methyl/N-ethyl adjacent to an activating group) is 1. The number of Topliss-reactive ketones (excluding diaryl/α,β-unsaturated/α-hetero) is 1. The van der Waals surface area contributed by atoms with Gasteiger partial charge in [0.15, 0.2) is 5.78 Å². The summed E-state index contributed by atoms with van der Waals surface area (Å²) in [5, 5.41) is 0. The number of hydrogen-bond donors (Lipinski definition) is 1. The number of hydrogen-bond acceptors (Lipinski definition) is 6. The van der Waals surface area contributed by atoms with Crippen LogP contribution in [0.4, 0.5) is 0 Å². The van der Waals surface area contributed by atoms with E-state index in [1.54, 1.807) is 12.0 Å². The van der Waals surface area contributed by atoms with Gasteiger partial charge in [-0.3, -0.25) is 19.1 Å². The Morgan fingerprint density at radius 3 is 2.36 bits per heavy atom. The Kier molecular flexibility index (Phi) is 6.93. The van der Waals surface area contributed by atoms with E-state index >= 15 is 0 Å². The first-order valence-electron chi connectivity index (χ1n) is 13.8. The highest BCUT2D eigenvalue weighted by atomic mass is 32.2. The van der Waals surface area contributed by atoms with E-state index in [9.17, 15) is 14.4 Å². The molecule has 1 saturated carbocycles. The summed E-state index contributed by atoms with van der Waals surface area (Å²) in [6.07, 6.45) is 5.27. The molecule has 2 aliphatic carbocycles. The summed E-state index contributed by atoms with van der Waals surface area (Å²) in [7, 11) is 3.41. The van der Waals surface area contributed by atoms with Gasteiger partial charge >= 0.3 is 0 Å². The third-order valence-electron chi connectivity index (χ3n) is 9.25. The van der Waals surface area contributed by atoms with E-state index in [-0.39, 0.29) is 34.8 Å². The normalized spacial score (nSPS) is 26.4. The van der Waals surface area contributed by atoms with Crippen LogP contribution in [0.25, 0.3) is 0 Å². The molecule has 1 aromatic rings. The fourth-order valence-electron chi connectivity index (χ4n) is 6.52. The number of nitrogens with zero attached hydrogens (tertiary/aromatic N) is 1. The predicted octanol–water partition coefficient (Wildman–Crippen LogP) is 5.87. The summed E-state index contributed by atoms with van der Waals surface area (Å²) in [5.41, 5.74) is 2.28. The highest BCUT2D eigenvalue weighted by Gasteiger charge is 2.53. The van der Waals surface area contributed by atoms with E-state index in [2.05, 4.69) is 39.3 Å². The van der Waals surface area contributed by atoms with Gasteiger partial charge in [0.1, 0.15) is 17.3 Å². The van der Waals surface area contributed by atoms with Crippen molar-refractivity contribution in [1.82, 2.24) is 9.62 Å². The molecule has 39 heavy (non-hydrogen) atoms. The third kappa shape index (κ3) is 4.48. The summed E-state index contributed by atoms with van der Waals surface area (Å²) >= 11 is 1.23. The minimum atomic E-state index is -0.740. The van der Waals surface area contributed by atoms with Crippen molar-refractivity contribution in [2.75, 3.05) is 20.4 Å². The topological polar surface area (TPSA) is 84.9 Å². The van der Waals surface area contributed by atoms with Gasteiger partial charge in [0.05, 0.1) is 24.2 Å². The Balaban J connectivity index is 1.83. The lowest BCUT2D eigenvalue weighted by Crippen LogP contribution is -2.56. The van der Waals surface area contributed by atoms with Crippen molar-refractivity contribution in [2.45, 2.75) is 84.1 Å². The van der Waals surface area contributed by atoms with E-state index in [4.69, 9.17) is 9.47 Å². The average molecular weight is 553 g/mol. The molecule has 5 rings (SSSR count). The van der Waals surface area contributed by atoms with Gasteiger partial charge in [0.25, 0.3) is 11.8 Å². The minimum Gasteiger partial charge on any atom is -0.496 e. The van der Waals surface area contributed by atoms with E-state index in [0.717, 1.165) is 18.4 Å². The molecule has 4 aliphatic rings. The van der Waals surface area contributed by atoms with Gasteiger partial charge in [-0.2, -0.15) is 0 Å². The number of methoxy groups -OCH3 is 1. The molecule has 2 amide bonds. The van der Waals surface area contributed by atoms with E-state index in [0.29, 0.717) is 58.8 Å². The fraction of sp³-hybridized carbons (Fsp3) is 0.581. The largest absolute Gasteiger partial charge is 0.496 e. The van der Waals surface area contributed by atoms with Crippen LogP contribution in [0, 0.1) is 11.3 Å². The van der Waals surface area contributed by atoms with Gasteiger partial charge in [-0.1, -0.05) is 45.7 Å². The van der Waals surface area contributed by atoms with Gasteiger partial charge in [-0.25, -0.2) is 0 Å².